The molecule has 3 nitrogen and oxygen atoms in total. The zero-order valence-electron chi connectivity index (χ0n) is 11.3. The smallest absolute Gasteiger partial charge is 0.163 e. The van der Waals surface area contributed by atoms with Crippen molar-refractivity contribution in [2.45, 2.75) is 13.8 Å². The molecule has 0 aliphatic rings. The van der Waals surface area contributed by atoms with Crippen LogP contribution in [0.15, 0.2) is 52.1 Å². The molecule has 0 radical (unpaired) electrons. The highest BCUT2D eigenvalue weighted by atomic mass is 79.9. The molecule has 0 saturated heterocycles. The first kappa shape index (κ1) is 13.1. The average molecular weight is 328 g/mol. The highest BCUT2D eigenvalue weighted by Gasteiger charge is 2.09. The minimum atomic E-state index is 0.861. The summed E-state index contributed by atoms with van der Waals surface area (Å²) in [6.07, 6.45) is 3.88. The maximum Gasteiger partial charge on any atom is 0.163 e. The van der Waals surface area contributed by atoms with Gasteiger partial charge in [-0.1, -0.05) is 30.3 Å². The molecule has 4 heteroatoms. The number of hydrogen-bond donors (Lipinski definition) is 0. The second-order valence-electron chi connectivity index (χ2n) is 4.69. The number of nitrogens with zero attached hydrogens (tertiary/aromatic N) is 3. The van der Waals surface area contributed by atoms with E-state index in [2.05, 4.69) is 37.2 Å². The molecule has 0 saturated carbocycles. The first-order valence-electron chi connectivity index (χ1n) is 6.39. The molecule has 100 valence electrons. The molecule has 0 N–H and O–H groups in total. The molecule has 3 aromatic rings. The van der Waals surface area contributed by atoms with Crippen molar-refractivity contribution in [3.63, 3.8) is 0 Å². The zero-order valence-corrected chi connectivity index (χ0v) is 12.9. The standard InChI is InChI=1S/C16H14BrN3/c1-11-12(2)20-10-14(17)8-15(16(20)19-11)18-9-13-6-4-3-5-7-13/h3-10H,1-2H3/b18-9+. The highest BCUT2D eigenvalue weighted by Crippen LogP contribution is 2.26. The van der Waals surface area contributed by atoms with E-state index in [0.717, 1.165) is 32.8 Å². The van der Waals surface area contributed by atoms with E-state index in [1.807, 2.05) is 55.7 Å². The minimum Gasteiger partial charge on any atom is -0.301 e. The SMILES string of the molecule is Cc1nc2c(/N=C/c3ccccc3)cc(Br)cn2c1C. The Balaban J connectivity index is 2.12. The van der Waals surface area contributed by atoms with Crippen LogP contribution in [0.4, 0.5) is 5.69 Å². The number of halogens is 1. The van der Waals surface area contributed by atoms with Crippen molar-refractivity contribution in [3.05, 3.63) is 64.0 Å². The molecule has 0 aliphatic heterocycles. The predicted molar refractivity (Wildman–Crippen MR) is 86.1 cm³/mol. The van der Waals surface area contributed by atoms with Crippen LogP contribution in [0, 0.1) is 13.8 Å². The van der Waals surface area contributed by atoms with Crippen molar-refractivity contribution in [1.82, 2.24) is 9.38 Å². The Hall–Kier alpha value is -1.94. The number of aryl methyl sites for hydroxylation is 2. The van der Waals surface area contributed by atoms with Crippen molar-refractivity contribution < 1.29 is 0 Å². The second-order valence-corrected chi connectivity index (χ2v) is 5.60. The van der Waals surface area contributed by atoms with Crippen LogP contribution < -0.4 is 0 Å². The summed E-state index contributed by atoms with van der Waals surface area (Å²) in [6, 6.07) is 12.0. The Kier molecular flexibility index (Phi) is 3.40. The van der Waals surface area contributed by atoms with Gasteiger partial charge in [-0.15, -0.1) is 0 Å². The summed E-state index contributed by atoms with van der Waals surface area (Å²) >= 11 is 3.53. The largest absolute Gasteiger partial charge is 0.301 e. The van der Waals surface area contributed by atoms with Gasteiger partial charge in [0.15, 0.2) is 5.65 Å². The monoisotopic (exact) mass is 327 g/mol. The van der Waals surface area contributed by atoms with Gasteiger partial charge in [-0.2, -0.15) is 0 Å². The summed E-state index contributed by atoms with van der Waals surface area (Å²) < 4.78 is 3.06. The van der Waals surface area contributed by atoms with Gasteiger partial charge in [0.2, 0.25) is 0 Å². The third kappa shape index (κ3) is 2.39. The minimum absolute atomic E-state index is 0.861. The molecule has 20 heavy (non-hydrogen) atoms. The molecule has 1 aromatic carbocycles. The van der Waals surface area contributed by atoms with E-state index >= 15 is 0 Å². The van der Waals surface area contributed by atoms with Gasteiger partial charge in [0.05, 0.1) is 5.69 Å². The molecular formula is C16H14BrN3. The normalized spacial score (nSPS) is 11.6. The van der Waals surface area contributed by atoms with E-state index in [1.54, 1.807) is 0 Å². The van der Waals surface area contributed by atoms with E-state index in [9.17, 15) is 0 Å². The fourth-order valence-electron chi connectivity index (χ4n) is 2.10. The van der Waals surface area contributed by atoms with Gasteiger partial charge < -0.3 is 4.40 Å². The lowest BCUT2D eigenvalue weighted by Crippen LogP contribution is -1.88. The number of rotatable bonds is 2. The number of hydrogen-bond acceptors (Lipinski definition) is 2. The third-order valence-electron chi connectivity index (χ3n) is 3.30. The van der Waals surface area contributed by atoms with Gasteiger partial charge in [-0.05, 0) is 41.4 Å². The lowest BCUT2D eigenvalue weighted by molar-refractivity contribution is 1.09. The number of fused-ring (bicyclic) bond motifs is 1. The summed E-state index contributed by atoms with van der Waals surface area (Å²) in [5.74, 6) is 0. The maximum atomic E-state index is 4.59. The van der Waals surface area contributed by atoms with Crippen LogP contribution in [0.3, 0.4) is 0 Å². The Labute approximate surface area is 126 Å². The van der Waals surface area contributed by atoms with Crippen LogP contribution in [-0.4, -0.2) is 15.6 Å². The van der Waals surface area contributed by atoms with Crippen molar-refractivity contribution >= 4 is 33.5 Å². The van der Waals surface area contributed by atoms with Crippen LogP contribution in [0.25, 0.3) is 5.65 Å². The van der Waals surface area contributed by atoms with Crippen molar-refractivity contribution in [2.24, 2.45) is 4.99 Å². The summed E-state index contributed by atoms with van der Waals surface area (Å²) in [5.41, 5.74) is 4.98. The summed E-state index contributed by atoms with van der Waals surface area (Å²) in [4.78, 5) is 9.18. The van der Waals surface area contributed by atoms with Crippen molar-refractivity contribution in [3.8, 4) is 0 Å². The lowest BCUT2D eigenvalue weighted by atomic mass is 10.2. The summed E-state index contributed by atoms with van der Waals surface area (Å²) in [6.45, 7) is 4.08. The first-order valence-corrected chi connectivity index (χ1v) is 7.18. The molecule has 0 spiro atoms. The predicted octanol–water partition coefficient (Wildman–Crippen LogP) is 4.46. The van der Waals surface area contributed by atoms with E-state index in [0.29, 0.717) is 0 Å². The highest BCUT2D eigenvalue weighted by molar-refractivity contribution is 9.10. The summed E-state index contributed by atoms with van der Waals surface area (Å²) in [7, 11) is 0. The van der Waals surface area contributed by atoms with Gasteiger partial charge in [0.25, 0.3) is 0 Å². The molecule has 0 amide bonds. The van der Waals surface area contributed by atoms with E-state index < -0.39 is 0 Å². The fourth-order valence-corrected chi connectivity index (χ4v) is 2.52. The Morgan fingerprint density at radius 1 is 1.20 bits per heavy atom. The summed E-state index contributed by atoms with van der Waals surface area (Å²) in [5, 5.41) is 0. The van der Waals surface area contributed by atoms with Crippen molar-refractivity contribution in [1.29, 1.82) is 0 Å². The van der Waals surface area contributed by atoms with Gasteiger partial charge in [-0.25, -0.2) is 4.98 Å². The van der Waals surface area contributed by atoms with Crippen LogP contribution in [-0.2, 0) is 0 Å². The van der Waals surface area contributed by atoms with E-state index in [1.165, 1.54) is 0 Å². The van der Waals surface area contributed by atoms with Crippen LogP contribution >= 0.6 is 15.9 Å². The zero-order chi connectivity index (χ0) is 14.1. The Bertz CT molecular complexity index is 788. The number of aromatic nitrogens is 2. The van der Waals surface area contributed by atoms with Gasteiger partial charge in [0.1, 0.15) is 5.69 Å². The van der Waals surface area contributed by atoms with Gasteiger partial charge >= 0.3 is 0 Å². The van der Waals surface area contributed by atoms with Gasteiger partial charge in [-0.3, -0.25) is 4.99 Å². The molecule has 0 atom stereocenters. The first-order chi connectivity index (χ1) is 9.65. The second kappa shape index (κ2) is 5.21. The molecule has 0 aliphatic carbocycles. The van der Waals surface area contributed by atoms with Crippen LogP contribution in [0.5, 0.6) is 0 Å². The molecular weight excluding hydrogens is 314 g/mol. The van der Waals surface area contributed by atoms with E-state index in [4.69, 9.17) is 0 Å². The quantitative estimate of drug-likeness (QED) is 0.639. The Morgan fingerprint density at radius 3 is 2.70 bits per heavy atom. The molecule has 0 unspecified atom stereocenters. The Morgan fingerprint density at radius 2 is 1.95 bits per heavy atom. The molecule has 3 rings (SSSR count). The van der Waals surface area contributed by atoms with Crippen LogP contribution in [0.2, 0.25) is 0 Å². The molecule has 2 aromatic heterocycles. The average Bonchev–Trinajstić information content (AvgIpc) is 2.74. The number of pyridine rings is 1. The van der Waals surface area contributed by atoms with Crippen molar-refractivity contribution in [2.75, 3.05) is 0 Å². The van der Waals surface area contributed by atoms with Crippen LogP contribution in [0.1, 0.15) is 17.0 Å². The van der Waals surface area contributed by atoms with E-state index in [-0.39, 0.29) is 0 Å². The lowest BCUT2D eigenvalue weighted by Gasteiger charge is -2.01. The molecule has 0 bridgehead atoms. The number of imidazole rings is 1. The number of aliphatic imine (C=N–C) groups is 1. The fraction of sp³-hybridized carbons (Fsp3) is 0.125. The van der Waals surface area contributed by atoms with Gasteiger partial charge in [0, 0.05) is 22.6 Å². The molecule has 2 heterocycles. The number of benzene rings is 1. The third-order valence-corrected chi connectivity index (χ3v) is 3.73. The molecule has 0 fully saturated rings. The topological polar surface area (TPSA) is 29.7 Å². The maximum absolute atomic E-state index is 4.59.